The third-order valence-electron chi connectivity index (χ3n) is 4.05. The molecule has 0 aliphatic heterocycles. The molecule has 3 aromatic rings. The number of aromatic nitrogens is 1. The Labute approximate surface area is 146 Å². The Hall–Kier alpha value is -2.86. The molecule has 0 aliphatic rings. The number of hydrogen-bond acceptors (Lipinski definition) is 5. The molecule has 0 bridgehead atoms. The van der Waals surface area contributed by atoms with Gasteiger partial charge in [-0.05, 0) is 50.2 Å². The van der Waals surface area contributed by atoms with Gasteiger partial charge in [-0.25, -0.2) is 0 Å². The number of amides is 1. The molecule has 130 valence electrons. The van der Waals surface area contributed by atoms with Crippen LogP contribution in [-0.2, 0) is 11.3 Å². The molecule has 2 heterocycles. The second-order valence-corrected chi connectivity index (χ2v) is 6.13. The number of nitrogens with one attached hydrogen (secondary N) is 1. The second kappa shape index (κ2) is 7.36. The number of likely N-dealkylation sites (N-methyl/N-ethyl adjacent to an activating group) is 1. The molecule has 0 atom stereocenters. The minimum Gasteiger partial charge on any atom is -0.461 e. The fraction of sp³-hybridized carbons (Fsp3) is 0.263. The van der Waals surface area contributed by atoms with Crippen LogP contribution < -0.4 is 5.32 Å². The number of nitrogens with zero attached hydrogens (tertiary/aromatic N) is 2. The largest absolute Gasteiger partial charge is 0.461 e. The van der Waals surface area contributed by atoms with Crippen LogP contribution in [0.4, 0.5) is 5.69 Å². The molecule has 2 aromatic heterocycles. The van der Waals surface area contributed by atoms with E-state index in [1.165, 1.54) is 0 Å². The predicted octanol–water partition coefficient (Wildman–Crippen LogP) is 3.62. The summed E-state index contributed by atoms with van der Waals surface area (Å²) < 4.78 is 10.5. The van der Waals surface area contributed by atoms with E-state index in [0.29, 0.717) is 18.1 Å². The molecular weight excluding hydrogens is 318 g/mol. The van der Waals surface area contributed by atoms with Gasteiger partial charge in [0.2, 0.25) is 11.7 Å². The van der Waals surface area contributed by atoms with Crippen LogP contribution in [0.3, 0.4) is 0 Å². The highest BCUT2D eigenvalue weighted by atomic mass is 16.5. The minimum atomic E-state index is -0.0639. The topological polar surface area (TPSA) is 71.5 Å². The zero-order valence-electron chi connectivity index (χ0n) is 14.6. The van der Waals surface area contributed by atoms with Gasteiger partial charge in [0.25, 0.3) is 0 Å². The fourth-order valence-corrected chi connectivity index (χ4v) is 2.58. The molecule has 0 saturated carbocycles. The molecule has 1 N–H and O–H groups in total. The van der Waals surface area contributed by atoms with Crippen molar-refractivity contribution in [2.75, 3.05) is 18.9 Å². The summed E-state index contributed by atoms with van der Waals surface area (Å²) in [5.74, 6) is 1.15. The first-order chi connectivity index (χ1) is 12.0. The van der Waals surface area contributed by atoms with Crippen molar-refractivity contribution in [2.45, 2.75) is 20.4 Å². The summed E-state index contributed by atoms with van der Waals surface area (Å²) in [7, 11) is 1.87. The Morgan fingerprint density at radius 1 is 1.20 bits per heavy atom. The van der Waals surface area contributed by atoms with Crippen LogP contribution in [0.2, 0.25) is 0 Å². The highest BCUT2D eigenvalue weighted by Gasteiger charge is 2.13. The fourth-order valence-electron chi connectivity index (χ4n) is 2.58. The maximum Gasteiger partial charge on any atom is 0.238 e. The third-order valence-corrected chi connectivity index (χ3v) is 4.05. The number of rotatable bonds is 6. The van der Waals surface area contributed by atoms with Gasteiger partial charge in [0.15, 0.2) is 5.76 Å². The van der Waals surface area contributed by atoms with E-state index in [4.69, 9.17) is 8.94 Å². The highest BCUT2D eigenvalue weighted by Crippen LogP contribution is 2.21. The zero-order valence-corrected chi connectivity index (χ0v) is 14.6. The minimum absolute atomic E-state index is 0.0639. The monoisotopic (exact) mass is 339 g/mol. The number of furan rings is 1. The molecule has 1 aromatic carbocycles. The number of hydrogen-bond donors (Lipinski definition) is 1. The van der Waals surface area contributed by atoms with E-state index in [1.54, 1.807) is 12.3 Å². The van der Waals surface area contributed by atoms with Crippen molar-refractivity contribution >= 4 is 11.6 Å². The molecule has 6 heteroatoms. The van der Waals surface area contributed by atoms with Crippen LogP contribution in [0.15, 0.2) is 51.6 Å². The summed E-state index contributed by atoms with van der Waals surface area (Å²) in [5, 5.41) is 6.98. The smallest absolute Gasteiger partial charge is 0.238 e. The average Bonchev–Trinajstić information content (AvgIpc) is 3.22. The first-order valence-electron chi connectivity index (χ1n) is 8.07. The van der Waals surface area contributed by atoms with Gasteiger partial charge in [-0.3, -0.25) is 9.69 Å². The molecular formula is C19H21N3O3. The SMILES string of the molecule is Cc1cccc(NC(=O)CN(C)Cc2cc(-c3ccco3)on2)c1C. The van der Waals surface area contributed by atoms with E-state index in [9.17, 15) is 4.79 Å². The van der Waals surface area contributed by atoms with E-state index in [0.717, 1.165) is 22.5 Å². The van der Waals surface area contributed by atoms with Gasteiger partial charge in [-0.1, -0.05) is 17.3 Å². The first kappa shape index (κ1) is 17.0. The van der Waals surface area contributed by atoms with E-state index in [-0.39, 0.29) is 12.5 Å². The summed E-state index contributed by atoms with van der Waals surface area (Å²) >= 11 is 0. The van der Waals surface area contributed by atoms with E-state index >= 15 is 0 Å². The van der Waals surface area contributed by atoms with Gasteiger partial charge in [0.05, 0.1) is 18.5 Å². The van der Waals surface area contributed by atoms with Gasteiger partial charge >= 0.3 is 0 Å². The van der Waals surface area contributed by atoms with Crippen molar-refractivity contribution < 1.29 is 13.7 Å². The van der Waals surface area contributed by atoms with Crippen molar-refractivity contribution in [2.24, 2.45) is 0 Å². The van der Waals surface area contributed by atoms with Crippen molar-refractivity contribution in [1.29, 1.82) is 0 Å². The molecule has 0 spiro atoms. The molecule has 6 nitrogen and oxygen atoms in total. The maximum atomic E-state index is 12.3. The number of carbonyl (C=O) groups excluding carboxylic acids is 1. The first-order valence-corrected chi connectivity index (χ1v) is 8.07. The molecule has 0 saturated heterocycles. The van der Waals surface area contributed by atoms with Crippen molar-refractivity contribution in [3.63, 3.8) is 0 Å². The Kier molecular flexibility index (Phi) is 5.00. The standard InChI is InChI=1S/C19H21N3O3/c1-13-6-4-7-16(14(13)2)20-19(23)12-22(3)11-15-10-18(25-21-15)17-8-5-9-24-17/h4-10H,11-12H2,1-3H3,(H,20,23). The van der Waals surface area contributed by atoms with Crippen molar-refractivity contribution in [3.8, 4) is 11.5 Å². The lowest BCUT2D eigenvalue weighted by atomic mass is 10.1. The Morgan fingerprint density at radius 3 is 2.80 bits per heavy atom. The summed E-state index contributed by atoms with van der Waals surface area (Å²) in [4.78, 5) is 14.1. The van der Waals surface area contributed by atoms with Crippen molar-refractivity contribution in [3.05, 3.63) is 59.5 Å². The summed E-state index contributed by atoms with van der Waals surface area (Å²) in [5.41, 5.74) is 3.82. The number of carbonyl (C=O) groups is 1. The lowest BCUT2D eigenvalue weighted by Gasteiger charge is -2.16. The molecule has 0 unspecified atom stereocenters. The molecule has 3 rings (SSSR count). The van der Waals surface area contributed by atoms with E-state index in [1.807, 2.05) is 56.1 Å². The molecule has 25 heavy (non-hydrogen) atoms. The summed E-state index contributed by atoms with van der Waals surface area (Å²) in [6, 6.07) is 11.3. The summed E-state index contributed by atoms with van der Waals surface area (Å²) in [6.45, 7) is 4.79. The number of aryl methyl sites for hydroxylation is 1. The Morgan fingerprint density at radius 2 is 2.04 bits per heavy atom. The molecule has 0 fully saturated rings. The van der Waals surface area contributed by atoms with Crippen molar-refractivity contribution in [1.82, 2.24) is 10.1 Å². The van der Waals surface area contributed by atoms with Gasteiger partial charge in [-0.15, -0.1) is 0 Å². The quantitative estimate of drug-likeness (QED) is 0.742. The van der Waals surface area contributed by atoms with Crippen LogP contribution in [0, 0.1) is 13.8 Å². The van der Waals surface area contributed by atoms with E-state index < -0.39 is 0 Å². The summed E-state index contributed by atoms with van der Waals surface area (Å²) in [6.07, 6.45) is 1.58. The Balaban J connectivity index is 1.56. The molecule has 0 aliphatic carbocycles. The number of anilines is 1. The average molecular weight is 339 g/mol. The second-order valence-electron chi connectivity index (χ2n) is 6.13. The lowest BCUT2D eigenvalue weighted by molar-refractivity contribution is -0.117. The van der Waals surface area contributed by atoms with Gasteiger partial charge in [0, 0.05) is 18.3 Å². The van der Waals surface area contributed by atoms with E-state index in [2.05, 4.69) is 10.5 Å². The van der Waals surface area contributed by atoms with Crippen LogP contribution in [-0.4, -0.2) is 29.6 Å². The van der Waals surface area contributed by atoms with Crippen LogP contribution in [0.1, 0.15) is 16.8 Å². The highest BCUT2D eigenvalue weighted by molar-refractivity contribution is 5.93. The van der Waals surface area contributed by atoms with Crippen LogP contribution >= 0.6 is 0 Å². The molecule has 0 radical (unpaired) electrons. The molecule has 1 amide bonds. The predicted molar refractivity (Wildman–Crippen MR) is 95.1 cm³/mol. The normalized spacial score (nSPS) is 11.0. The maximum absolute atomic E-state index is 12.3. The Bertz CT molecular complexity index is 853. The van der Waals surface area contributed by atoms with Crippen LogP contribution in [0.5, 0.6) is 0 Å². The number of benzene rings is 1. The lowest BCUT2D eigenvalue weighted by Crippen LogP contribution is -2.30. The van der Waals surface area contributed by atoms with Gasteiger partial charge < -0.3 is 14.3 Å². The van der Waals surface area contributed by atoms with Crippen LogP contribution in [0.25, 0.3) is 11.5 Å². The third kappa shape index (κ3) is 4.16. The zero-order chi connectivity index (χ0) is 17.8. The van der Waals surface area contributed by atoms with Gasteiger partial charge in [0.1, 0.15) is 0 Å². The van der Waals surface area contributed by atoms with Gasteiger partial charge in [-0.2, -0.15) is 0 Å².